The molecule has 0 aromatic heterocycles. The second-order valence-electron chi connectivity index (χ2n) is 6.25. The second kappa shape index (κ2) is 8.53. The second-order valence-corrected chi connectivity index (χ2v) is 6.25. The molecule has 3 rings (SSSR count). The average Bonchev–Trinajstić information content (AvgIpc) is 3.46. The highest BCUT2D eigenvalue weighted by Crippen LogP contribution is 2.30. The van der Waals surface area contributed by atoms with Crippen LogP contribution < -0.4 is 20.1 Å². The van der Waals surface area contributed by atoms with E-state index >= 15 is 0 Å². The maximum Gasteiger partial charge on any atom is 0.234 e. The first-order valence-corrected chi connectivity index (χ1v) is 8.62. The number of nitrogens with one attached hydrogen (secondary N) is 2. The maximum atomic E-state index is 11.8. The Morgan fingerprint density at radius 1 is 1.08 bits per heavy atom. The van der Waals surface area contributed by atoms with E-state index in [0.29, 0.717) is 24.6 Å². The number of benzene rings is 2. The minimum Gasteiger partial charge on any atom is -0.493 e. The SMILES string of the molecule is COc1ccccc1Oc1ccc(CNC(=O)CNCC2CC2)cc1. The van der Waals surface area contributed by atoms with Crippen molar-refractivity contribution in [3.8, 4) is 17.2 Å². The third-order valence-electron chi connectivity index (χ3n) is 4.13. The number of methoxy groups -OCH3 is 1. The number of carbonyl (C=O) groups is 1. The Hall–Kier alpha value is -2.53. The maximum absolute atomic E-state index is 11.8. The van der Waals surface area contributed by atoms with Gasteiger partial charge in [0.1, 0.15) is 5.75 Å². The van der Waals surface area contributed by atoms with Crippen LogP contribution in [0.15, 0.2) is 48.5 Å². The monoisotopic (exact) mass is 340 g/mol. The van der Waals surface area contributed by atoms with Gasteiger partial charge in [0.15, 0.2) is 11.5 Å². The summed E-state index contributed by atoms with van der Waals surface area (Å²) in [7, 11) is 1.62. The largest absolute Gasteiger partial charge is 0.493 e. The first kappa shape index (κ1) is 17.3. The van der Waals surface area contributed by atoms with Crippen molar-refractivity contribution in [3.05, 3.63) is 54.1 Å². The number of hydrogen-bond donors (Lipinski definition) is 2. The Morgan fingerprint density at radius 3 is 2.48 bits per heavy atom. The van der Waals surface area contributed by atoms with Gasteiger partial charge in [-0.1, -0.05) is 24.3 Å². The molecule has 0 unspecified atom stereocenters. The van der Waals surface area contributed by atoms with Crippen LogP contribution in [-0.2, 0) is 11.3 Å². The lowest BCUT2D eigenvalue weighted by Gasteiger charge is -2.11. The molecule has 2 aromatic carbocycles. The van der Waals surface area contributed by atoms with Gasteiger partial charge >= 0.3 is 0 Å². The summed E-state index contributed by atoms with van der Waals surface area (Å²) < 4.78 is 11.1. The van der Waals surface area contributed by atoms with E-state index in [9.17, 15) is 4.79 Å². The highest BCUT2D eigenvalue weighted by molar-refractivity contribution is 5.77. The van der Waals surface area contributed by atoms with Gasteiger partial charge in [0.25, 0.3) is 0 Å². The van der Waals surface area contributed by atoms with Crippen LogP contribution in [0.1, 0.15) is 18.4 Å². The molecule has 25 heavy (non-hydrogen) atoms. The molecule has 1 saturated carbocycles. The van der Waals surface area contributed by atoms with E-state index in [1.807, 2.05) is 48.5 Å². The van der Waals surface area contributed by atoms with Crippen LogP contribution >= 0.6 is 0 Å². The third-order valence-corrected chi connectivity index (χ3v) is 4.13. The molecule has 0 aliphatic heterocycles. The van der Waals surface area contributed by atoms with Gasteiger partial charge < -0.3 is 20.1 Å². The summed E-state index contributed by atoms with van der Waals surface area (Å²) in [6.45, 7) is 1.84. The van der Waals surface area contributed by atoms with E-state index < -0.39 is 0 Å². The lowest BCUT2D eigenvalue weighted by atomic mass is 10.2. The van der Waals surface area contributed by atoms with Gasteiger partial charge in [0.2, 0.25) is 5.91 Å². The van der Waals surface area contributed by atoms with Crippen molar-refractivity contribution in [2.24, 2.45) is 5.92 Å². The number of amides is 1. The number of hydrogen-bond acceptors (Lipinski definition) is 4. The van der Waals surface area contributed by atoms with E-state index in [1.165, 1.54) is 12.8 Å². The van der Waals surface area contributed by atoms with E-state index in [2.05, 4.69) is 10.6 Å². The molecular formula is C20H24N2O3. The molecule has 2 N–H and O–H groups in total. The Kier molecular flexibility index (Phi) is 5.90. The fourth-order valence-corrected chi connectivity index (χ4v) is 2.48. The smallest absolute Gasteiger partial charge is 0.234 e. The summed E-state index contributed by atoms with van der Waals surface area (Å²) in [5.41, 5.74) is 1.03. The van der Waals surface area contributed by atoms with Crippen LogP contribution in [0.2, 0.25) is 0 Å². The van der Waals surface area contributed by atoms with E-state index in [0.717, 1.165) is 23.8 Å². The Labute approximate surface area is 148 Å². The zero-order valence-electron chi connectivity index (χ0n) is 14.5. The first-order chi connectivity index (χ1) is 12.2. The fraction of sp³-hybridized carbons (Fsp3) is 0.350. The lowest BCUT2D eigenvalue weighted by Crippen LogP contribution is -2.34. The quantitative estimate of drug-likeness (QED) is 0.736. The molecule has 1 aliphatic rings. The van der Waals surface area contributed by atoms with Gasteiger partial charge in [-0.15, -0.1) is 0 Å². The summed E-state index contributed by atoms with van der Waals surface area (Å²) in [5, 5.41) is 6.10. The molecule has 5 heteroatoms. The van der Waals surface area contributed by atoms with Gasteiger partial charge in [-0.3, -0.25) is 4.79 Å². The van der Waals surface area contributed by atoms with Crippen molar-refractivity contribution in [2.75, 3.05) is 20.2 Å². The van der Waals surface area contributed by atoms with Crippen molar-refractivity contribution in [2.45, 2.75) is 19.4 Å². The summed E-state index contributed by atoms with van der Waals surface area (Å²) in [5.74, 6) is 2.90. The summed E-state index contributed by atoms with van der Waals surface area (Å²) >= 11 is 0. The minimum atomic E-state index is 0.0231. The highest BCUT2D eigenvalue weighted by Gasteiger charge is 2.20. The zero-order valence-corrected chi connectivity index (χ0v) is 14.5. The van der Waals surface area contributed by atoms with E-state index in [1.54, 1.807) is 7.11 Å². The van der Waals surface area contributed by atoms with E-state index in [4.69, 9.17) is 9.47 Å². The van der Waals surface area contributed by atoms with Gasteiger partial charge in [-0.05, 0) is 55.1 Å². The number of para-hydroxylation sites is 2. The fourth-order valence-electron chi connectivity index (χ4n) is 2.48. The van der Waals surface area contributed by atoms with Crippen molar-refractivity contribution < 1.29 is 14.3 Å². The van der Waals surface area contributed by atoms with Gasteiger partial charge in [-0.2, -0.15) is 0 Å². The van der Waals surface area contributed by atoms with Crippen LogP contribution in [0.4, 0.5) is 0 Å². The van der Waals surface area contributed by atoms with Crippen molar-refractivity contribution in [1.82, 2.24) is 10.6 Å². The molecule has 0 heterocycles. The normalized spacial score (nSPS) is 13.3. The Bertz CT molecular complexity index is 696. The van der Waals surface area contributed by atoms with Crippen LogP contribution in [-0.4, -0.2) is 26.1 Å². The summed E-state index contributed by atoms with van der Waals surface area (Å²) in [4.78, 5) is 11.8. The molecule has 1 fully saturated rings. The van der Waals surface area contributed by atoms with Crippen molar-refractivity contribution >= 4 is 5.91 Å². The number of rotatable bonds is 9. The molecule has 1 amide bonds. The molecule has 0 saturated heterocycles. The van der Waals surface area contributed by atoms with Crippen LogP contribution in [0, 0.1) is 5.92 Å². The third kappa shape index (κ3) is 5.50. The van der Waals surface area contributed by atoms with Gasteiger partial charge in [0, 0.05) is 6.54 Å². The minimum absolute atomic E-state index is 0.0231. The Balaban J connectivity index is 1.45. The molecule has 5 nitrogen and oxygen atoms in total. The molecule has 0 spiro atoms. The Morgan fingerprint density at radius 2 is 1.80 bits per heavy atom. The molecule has 132 valence electrons. The molecule has 0 bridgehead atoms. The standard InChI is InChI=1S/C20H24N2O3/c1-24-18-4-2-3-5-19(18)25-17-10-8-16(9-11-17)13-22-20(23)14-21-12-15-6-7-15/h2-5,8-11,15,21H,6-7,12-14H2,1H3,(H,22,23). The average molecular weight is 340 g/mol. The van der Waals surface area contributed by atoms with Crippen LogP contribution in [0.5, 0.6) is 17.2 Å². The summed E-state index contributed by atoms with van der Waals surface area (Å²) in [6, 6.07) is 15.2. The molecule has 2 aromatic rings. The highest BCUT2D eigenvalue weighted by atomic mass is 16.5. The van der Waals surface area contributed by atoms with E-state index in [-0.39, 0.29) is 5.91 Å². The first-order valence-electron chi connectivity index (χ1n) is 8.62. The molecule has 0 radical (unpaired) electrons. The molecule has 0 atom stereocenters. The molecule has 1 aliphatic carbocycles. The van der Waals surface area contributed by atoms with Gasteiger partial charge in [0.05, 0.1) is 13.7 Å². The predicted octanol–water partition coefficient (Wildman–Crippen LogP) is 3.10. The topological polar surface area (TPSA) is 59.6 Å². The summed E-state index contributed by atoms with van der Waals surface area (Å²) in [6.07, 6.45) is 2.58. The number of ether oxygens (including phenoxy) is 2. The van der Waals surface area contributed by atoms with Crippen LogP contribution in [0.25, 0.3) is 0 Å². The number of carbonyl (C=O) groups excluding carboxylic acids is 1. The molecular weight excluding hydrogens is 316 g/mol. The predicted molar refractivity (Wildman–Crippen MR) is 97.0 cm³/mol. The van der Waals surface area contributed by atoms with Gasteiger partial charge in [-0.25, -0.2) is 0 Å². The van der Waals surface area contributed by atoms with Crippen molar-refractivity contribution in [1.29, 1.82) is 0 Å². The lowest BCUT2D eigenvalue weighted by molar-refractivity contribution is -0.120. The van der Waals surface area contributed by atoms with Crippen LogP contribution in [0.3, 0.4) is 0 Å². The zero-order chi connectivity index (χ0) is 17.5. The van der Waals surface area contributed by atoms with Crippen molar-refractivity contribution in [3.63, 3.8) is 0 Å².